The molecule has 1 fully saturated rings. The fourth-order valence-electron chi connectivity index (χ4n) is 6.29. The molecule has 4 aromatic carbocycles. The number of sulfonamides is 1. The molecule has 0 heterocycles. The first kappa shape index (κ1) is 33.9. The molecular formula is C39H45N3O4S. The summed E-state index contributed by atoms with van der Waals surface area (Å²) < 4.78 is 29.8. The largest absolute Gasteiger partial charge is 0.352 e. The molecule has 0 saturated heterocycles. The molecule has 4 aromatic rings. The zero-order valence-electron chi connectivity index (χ0n) is 27.6. The van der Waals surface area contributed by atoms with Crippen LogP contribution in [-0.2, 0) is 32.6 Å². The number of carbonyl (C=O) groups excluding carboxylic acids is 2. The van der Waals surface area contributed by atoms with E-state index in [0.29, 0.717) is 12.1 Å². The van der Waals surface area contributed by atoms with Crippen molar-refractivity contribution in [2.24, 2.45) is 0 Å². The molecule has 1 N–H and O–H groups in total. The monoisotopic (exact) mass is 651 g/mol. The molecule has 1 aliphatic rings. The summed E-state index contributed by atoms with van der Waals surface area (Å²) in [5, 5.41) is 3.27. The molecule has 2 amide bonds. The van der Waals surface area contributed by atoms with E-state index in [1.165, 1.54) is 4.31 Å². The summed E-state index contributed by atoms with van der Waals surface area (Å²) in [6, 6.07) is 30.4. The first-order chi connectivity index (χ1) is 22.6. The van der Waals surface area contributed by atoms with Crippen LogP contribution in [-0.4, -0.2) is 43.8 Å². The van der Waals surface area contributed by atoms with Crippen molar-refractivity contribution in [3.05, 3.63) is 131 Å². The second kappa shape index (κ2) is 15.4. The van der Waals surface area contributed by atoms with Crippen molar-refractivity contribution in [2.45, 2.75) is 82.8 Å². The smallest absolute Gasteiger partial charge is 0.264 e. The maximum absolute atomic E-state index is 14.8. The lowest BCUT2D eigenvalue weighted by Gasteiger charge is -2.35. The van der Waals surface area contributed by atoms with Crippen molar-refractivity contribution < 1.29 is 18.0 Å². The topological polar surface area (TPSA) is 86.8 Å². The fourth-order valence-corrected chi connectivity index (χ4v) is 7.78. The molecule has 0 bridgehead atoms. The van der Waals surface area contributed by atoms with Crippen LogP contribution in [0, 0.1) is 20.8 Å². The number of amides is 2. The van der Waals surface area contributed by atoms with E-state index in [2.05, 4.69) is 5.32 Å². The van der Waals surface area contributed by atoms with E-state index in [-0.39, 0.29) is 23.4 Å². The van der Waals surface area contributed by atoms with Gasteiger partial charge < -0.3 is 10.2 Å². The minimum atomic E-state index is -4.15. The van der Waals surface area contributed by atoms with Gasteiger partial charge in [0, 0.05) is 19.0 Å². The van der Waals surface area contributed by atoms with E-state index in [9.17, 15) is 18.0 Å². The third-order valence-corrected chi connectivity index (χ3v) is 10.8. The first-order valence-electron chi connectivity index (χ1n) is 16.5. The molecule has 0 spiro atoms. The summed E-state index contributed by atoms with van der Waals surface area (Å²) in [6.45, 7) is 5.42. The average Bonchev–Trinajstić information content (AvgIpc) is 3.08. The van der Waals surface area contributed by atoms with Gasteiger partial charge in [0.05, 0.1) is 10.6 Å². The fraction of sp³-hybridized carbons (Fsp3) is 0.333. The van der Waals surface area contributed by atoms with Crippen LogP contribution in [0.4, 0.5) is 5.69 Å². The third-order valence-electron chi connectivity index (χ3n) is 9.07. The Morgan fingerprint density at radius 2 is 1.43 bits per heavy atom. The Bertz CT molecular complexity index is 1770. The van der Waals surface area contributed by atoms with Gasteiger partial charge in [-0.15, -0.1) is 0 Å². The van der Waals surface area contributed by atoms with Gasteiger partial charge in [-0.3, -0.25) is 13.9 Å². The number of carbonyl (C=O) groups is 2. The number of rotatable bonds is 12. The van der Waals surface area contributed by atoms with Crippen LogP contribution in [0.2, 0.25) is 0 Å². The zero-order valence-corrected chi connectivity index (χ0v) is 28.4. The molecule has 246 valence electrons. The lowest BCUT2D eigenvalue weighted by Crippen LogP contribution is -2.55. The van der Waals surface area contributed by atoms with Crippen LogP contribution >= 0.6 is 0 Å². The summed E-state index contributed by atoms with van der Waals surface area (Å²) in [5.41, 5.74) is 4.83. The molecule has 1 saturated carbocycles. The minimum absolute atomic E-state index is 0.0508. The molecule has 0 aromatic heterocycles. The van der Waals surface area contributed by atoms with Crippen LogP contribution in [0.25, 0.3) is 0 Å². The second-order valence-corrected chi connectivity index (χ2v) is 14.5. The Kier molecular flexibility index (Phi) is 11.1. The van der Waals surface area contributed by atoms with E-state index in [0.717, 1.165) is 59.9 Å². The highest BCUT2D eigenvalue weighted by Gasteiger charge is 2.36. The molecule has 7 nitrogen and oxygen atoms in total. The van der Waals surface area contributed by atoms with E-state index in [1.54, 1.807) is 41.3 Å². The van der Waals surface area contributed by atoms with Gasteiger partial charge in [0.15, 0.2) is 0 Å². The van der Waals surface area contributed by atoms with Gasteiger partial charge in [0.2, 0.25) is 11.8 Å². The summed E-state index contributed by atoms with van der Waals surface area (Å²) >= 11 is 0. The quantitative estimate of drug-likeness (QED) is 0.181. The highest BCUT2D eigenvalue weighted by Crippen LogP contribution is 2.29. The van der Waals surface area contributed by atoms with Gasteiger partial charge >= 0.3 is 0 Å². The van der Waals surface area contributed by atoms with E-state index < -0.39 is 28.5 Å². The van der Waals surface area contributed by atoms with Crippen molar-refractivity contribution in [1.29, 1.82) is 0 Å². The van der Waals surface area contributed by atoms with Crippen molar-refractivity contribution in [1.82, 2.24) is 10.2 Å². The number of anilines is 1. The Morgan fingerprint density at radius 1 is 0.787 bits per heavy atom. The summed E-state index contributed by atoms with van der Waals surface area (Å²) in [6.07, 6.45) is 5.38. The average molecular weight is 652 g/mol. The number of nitrogens with one attached hydrogen (secondary N) is 1. The molecular weight excluding hydrogens is 607 g/mol. The van der Waals surface area contributed by atoms with Gasteiger partial charge in [0.1, 0.15) is 12.6 Å². The van der Waals surface area contributed by atoms with Gasteiger partial charge in [-0.25, -0.2) is 8.42 Å². The molecule has 47 heavy (non-hydrogen) atoms. The number of aryl methyl sites for hydroxylation is 3. The zero-order chi connectivity index (χ0) is 33.4. The second-order valence-electron chi connectivity index (χ2n) is 12.6. The standard InChI is InChI=1S/C39H45N3O4S/c1-29-23-24-31(3)36(25-29)42(47(45,46)35-21-11-6-12-22-35)28-38(43)41(27-33-18-14-13-15-30(33)2)37(26-32-16-7-4-8-17-32)39(44)40-34-19-9-5-10-20-34/h4,6-8,11-18,21-25,34,37H,5,9-10,19-20,26-28H2,1-3H3,(H,40,44)/t37-/m1/s1. The highest BCUT2D eigenvalue weighted by atomic mass is 32.2. The van der Waals surface area contributed by atoms with Gasteiger partial charge in [-0.1, -0.05) is 104 Å². The number of nitrogens with zero attached hydrogens (tertiary/aromatic N) is 2. The summed E-state index contributed by atoms with van der Waals surface area (Å²) in [4.78, 5) is 30.7. The Balaban J connectivity index is 1.59. The first-order valence-corrected chi connectivity index (χ1v) is 17.9. The molecule has 1 atom stereocenters. The Hall–Kier alpha value is -4.43. The molecule has 8 heteroatoms. The van der Waals surface area contributed by atoms with Crippen molar-refractivity contribution in [3.8, 4) is 0 Å². The van der Waals surface area contributed by atoms with E-state index >= 15 is 0 Å². The van der Waals surface area contributed by atoms with Crippen molar-refractivity contribution in [3.63, 3.8) is 0 Å². The molecule has 0 aliphatic heterocycles. The van der Waals surface area contributed by atoms with Crippen molar-refractivity contribution in [2.75, 3.05) is 10.8 Å². The van der Waals surface area contributed by atoms with E-state index in [4.69, 9.17) is 0 Å². The highest BCUT2D eigenvalue weighted by molar-refractivity contribution is 7.92. The van der Waals surface area contributed by atoms with Crippen LogP contribution in [0.15, 0.2) is 108 Å². The third kappa shape index (κ3) is 8.49. The van der Waals surface area contributed by atoms with Crippen LogP contribution in [0.1, 0.15) is 59.9 Å². The number of hydrogen-bond donors (Lipinski definition) is 1. The SMILES string of the molecule is Cc1ccc(C)c(N(CC(=O)N(Cc2ccccc2C)[C@H](Cc2ccccc2)C(=O)NC2CCCCC2)S(=O)(=O)c2ccccc2)c1. The molecule has 1 aliphatic carbocycles. The van der Waals surface area contributed by atoms with Crippen LogP contribution in [0.3, 0.4) is 0 Å². The Morgan fingerprint density at radius 3 is 2.11 bits per heavy atom. The van der Waals surface area contributed by atoms with Crippen LogP contribution < -0.4 is 9.62 Å². The predicted octanol–water partition coefficient (Wildman–Crippen LogP) is 6.90. The Labute approximate surface area is 279 Å². The number of hydrogen-bond acceptors (Lipinski definition) is 4. The number of benzene rings is 4. The van der Waals surface area contributed by atoms with Gasteiger partial charge in [-0.2, -0.15) is 0 Å². The van der Waals surface area contributed by atoms with Crippen LogP contribution in [0.5, 0.6) is 0 Å². The lowest BCUT2D eigenvalue weighted by molar-refractivity contribution is -0.140. The van der Waals surface area contributed by atoms with Crippen molar-refractivity contribution >= 4 is 27.5 Å². The predicted molar refractivity (Wildman–Crippen MR) is 188 cm³/mol. The summed E-state index contributed by atoms with van der Waals surface area (Å²) in [5.74, 6) is -0.666. The molecule has 5 rings (SSSR count). The molecule has 0 radical (unpaired) electrons. The maximum atomic E-state index is 14.8. The minimum Gasteiger partial charge on any atom is -0.352 e. The van der Waals surface area contributed by atoms with Gasteiger partial charge in [-0.05, 0) is 79.6 Å². The normalized spacial score (nSPS) is 14.3. The van der Waals surface area contributed by atoms with Gasteiger partial charge in [0.25, 0.3) is 10.0 Å². The van der Waals surface area contributed by atoms with E-state index in [1.807, 2.05) is 87.5 Å². The molecule has 0 unspecified atom stereocenters. The summed E-state index contributed by atoms with van der Waals surface area (Å²) in [7, 11) is -4.15. The maximum Gasteiger partial charge on any atom is 0.264 e. The lowest BCUT2D eigenvalue weighted by atomic mass is 9.94.